The Morgan fingerprint density at radius 3 is 2.21 bits per heavy atom. The molecule has 3 rings (SSSR count). The number of hydrogen-bond acceptors (Lipinski definition) is 1. The quantitative estimate of drug-likeness (QED) is 0.574. The lowest BCUT2D eigenvalue weighted by molar-refractivity contribution is 1.17. The van der Waals surface area contributed by atoms with Gasteiger partial charge in [-0.25, -0.2) is 4.98 Å². The number of hydrogen-bond donors (Lipinski definition) is 1. The summed E-state index contributed by atoms with van der Waals surface area (Å²) in [6.07, 6.45) is 0. The Bertz CT molecular complexity index is 651. The third-order valence-corrected chi connectivity index (χ3v) is 2.71. The molecule has 0 spiro atoms. The molecule has 1 aromatic heterocycles. The van der Waals surface area contributed by atoms with Crippen molar-refractivity contribution < 1.29 is 0 Å². The highest BCUT2D eigenvalue weighted by atomic mass is 14.9. The van der Waals surface area contributed by atoms with Gasteiger partial charge in [-0.2, -0.15) is 0 Å². The second-order valence-corrected chi connectivity index (χ2v) is 4.04. The molecule has 2 nitrogen and oxygen atoms in total. The molecule has 0 aliphatic carbocycles. The molecule has 0 bridgehead atoms. The molecule has 3 aromatic rings. The Kier molecular flexibility index (Phi) is 5.56. The van der Waals surface area contributed by atoms with Crippen molar-refractivity contribution in [3.63, 3.8) is 0 Å². The predicted octanol–water partition coefficient (Wildman–Crippen LogP) is 5.39. The fourth-order valence-electron chi connectivity index (χ4n) is 2.00. The summed E-state index contributed by atoms with van der Waals surface area (Å²) in [6, 6.07) is 10.8. The highest BCUT2D eigenvalue weighted by molar-refractivity contribution is 5.95. The van der Waals surface area contributed by atoms with E-state index in [2.05, 4.69) is 47.2 Å². The molecule has 0 amide bonds. The van der Waals surface area contributed by atoms with Crippen LogP contribution in [0.2, 0.25) is 0 Å². The van der Waals surface area contributed by atoms with E-state index in [9.17, 15) is 0 Å². The van der Waals surface area contributed by atoms with E-state index in [0.29, 0.717) is 0 Å². The molecule has 102 valence electrons. The van der Waals surface area contributed by atoms with E-state index in [1.807, 2.05) is 34.6 Å². The molecule has 2 heteroatoms. The molecule has 1 heterocycles. The summed E-state index contributed by atoms with van der Waals surface area (Å²) in [4.78, 5) is 7.69. The average molecular weight is 256 g/mol. The fourth-order valence-corrected chi connectivity index (χ4v) is 2.00. The number of H-pyrrole nitrogens is 1. The summed E-state index contributed by atoms with van der Waals surface area (Å²) in [6.45, 7) is 12.1. The van der Waals surface area contributed by atoms with E-state index < -0.39 is 0 Å². The van der Waals surface area contributed by atoms with Crippen LogP contribution in [-0.2, 0) is 0 Å². The SMILES string of the molecule is CC.CC.Cc1ccc2cc3nc(C)[nH]c3cc2c1. The molecule has 19 heavy (non-hydrogen) atoms. The van der Waals surface area contributed by atoms with Crippen molar-refractivity contribution in [1.29, 1.82) is 0 Å². The standard InChI is InChI=1S/C13H12N2.2C2H6/c1-8-3-4-10-6-12-13(7-11(10)5-8)15-9(2)14-12;2*1-2/h3-7H,1-2H3,(H,14,15);2*1-2H3. The highest BCUT2D eigenvalue weighted by Crippen LogP contribution is 2.22. The van der Waals surface area contributed by atoms with Crippen LogP contribution in [0, 0.1) is 13.8 Å². The van der Waals surface area contributed by atoms with Crippen LogP contribution >= 0.6 is 0 Å². The van der Waals surface area contributed by atoms with Crippen LogP contribution < -0.4 is 0 Å². The van der Waals surface area contributed by atoms with Gasteiger partial charge in [0, 0.05) is 0 Å². The van der Waals surface area contributed by atoms with Gasteiger partial charge in [0.25, 0.3) is 0 Å². The third-order valence-electron chi connectivity index (χ3n) is 2.71. The molecule has 2 aromatic carbocycles. The van der Waals surface area contributed by atoms with Crippen LogP contribution in [0.4, 0.5) is 0 Å². The molecule has 0 aliphatic heterocycles. The molecular weight excluding hydrogens is 232 g/mol. The molecule has 0 unspecified atom stereocenters. The first-order valence-electron chi connectivity index (χ1n) is 7.09. The molecule has 0 radical (unpaired) electrons. The van der Waals surface area contributed by atoms with Crippen LogP contribution in [0.3, 0.4) is 0 Å². The van der Waals surface area contributed by atoms with E-state index in [-0.39, 0.29) is 0 Å². The number of nitrogens with one attached hydrogen (secondary N) is 1. The van der Waals surface area contributed by atoms with Crippen LogP contribution in [-0.4, -0.2) is 9.97 Å². The number of benzene rings is 2. The lowest BCUT2D eigenvalue weighted by Gasteiger charge is -1.99. The number of nitrogens with zero attached hydrogens (tertiary/aromatic N) is 1. The zero-order chi connectivity index (χ0) is 14.4. The van der Waals surface area contributed by atoms with Gasteiger partial charge in [-0.05, 0) is 36.8 Å². The molecule has 0 saturated heterocycles. The maximum absolute atomic E-state index is 4.43. The third kappa shape index (κ3) is 3.34. The first-order valence-corrected chi connectivity index (χ1v) is 7.09. The Morgan fingerprint density at radius 2 is 1.53 bits per heavy atom. The van der Waals surface area contributed by atoms with E-state index in [1.165, 1.54) is 16.3 Å². The first-order chi connectivity index (χ1) is 9.22. The van der Waals surface area contributed by atoms with Crippen LogP contribution in [0.15, 0.2) is 30.3 Å². The van der Waals surface area contributed by atoms with Gasteiger partial charge in [0.2, 0.25) is 0 Å². The molecule has 0 fully saturated rings. The van der Waals surface area contributed by atoms with Gasteiger partial charge < -0.3 is 4.98 Å². The molecule has 0 atom stereocenters. The van der Waals surface area contributed by atoms with Gasteiger partial charge >= 0.3 is 0 Å². The molecule has 0 aliphatic rings. The molecule has 1 N–H and O–H groups in total. The van der Waals surface area contributed by atoms with Crippen molar-refractivity contribution in [1.82, 2.24) is 9.97 Å². The number of rotatable bonds is 0. The minimum absolute atomic E-state index is 0.969. The van der Waals surface area contributed by atoms with Gasteiger partial charge in [0.05, 0.1) is 11.0 Å². The Balaban J connectivity index is 0.000000415. The van der Waals surface area contributed by atoms with Gasteiger partial charge in [0.15, 0.2) is 0 Å². The molecule has 0 saturated carbocycles. The number of aromatic amines is 1. The second-order valence-electron chi connectivity index (χ2n) is 4.04. The average Bonchev–Trinajstić information content (AvgIpc) is 2.79. The maximum atomic E-state index is 4.43. The Morgan fingerprint density at radius 1 is 0.842 bits per heavy atom. The Labute approximate surface area is 115 Å². The zero-order valence-corrected chi connectivity index (χ0v) is 12.8. The topological polar surface area (TPSA) is 28.7 Å². The number of imidazole rings is 1. The van der Waals surface area contributed by atoms with Crippen LogP contribution in [0.1, 0.15) is 39.1 Å². The largest absolute Gasteiger partial charge is 0.342 e. The van der Waals surface area contributed by atoms with Crippen molar-refractivity contribution in [2.75, 3.05) is 0 Å². The first kappa shape index (κ1) is 15.2. The summed E-state index contributed by atoms with van der Waals surface area (Å²) in [5.74, 6) is 0.969. The van der Waals surface area contributed by atoms with E-state index in [4.69, 9.17) is 0 Å². The minimum Gasteiger partial charge on any atom is -0.342 e. The normalized spacial score (nSPS) is 9.58. The van der Waals surface area contributed by atoms with Crippen molar-refractivity contribution in [3.8, 4) is 0 Å². The van der Waals surface area contributed by atoms with E-state index in [1.54, 1.807) is 0 Å². The van der Waals surface area contributed by atoms with Crippen molar-refractivity contribution in [3.05, 3.63) is 41.7 Å². The van der Waals surface area contributed by atoms with Crippen molar-refractivity contribution >= 4 is 21.8 Å². The summed E-state index contributed by atoms with van der Waals surface area (Å²) < 4.78 is 0. The summed E-state index contributed by atoms with van der Waals surface area (Å²) in [5, 5.41) is 2.52. The van der Waals surface area contributed by atoms with Gasteiger partial charge in [0.1, 0.15) is 5.82 Å². The number of aromatic nitrogens is 2. The van der Waals surface area contributed by atoms with Crippen LogP contribution in [0.5, 0.6) is 0 Å². The Hall–Kier alpha value is -1.83. The van der Waals surface area contributed by atoms with Gasteiger partial charge in [-0.3, -0.25) is 0 Å². The maximum Gasteiger partial charge on any atom is 0.104 e. The number of fused-ring (bicyclic) bond motifs is 2. The van der Waals surface area contributed by atoms with Gasteiger partial charge in [-0.1, -0.05) is 51.5 Å². The zero-order valence-electron chi connectivity index (χ0n) is 12.8. The summed E-state index contributed by atoms with van der Waals surface area (Å²) in [7, 11) is 0. The van der Waals surface area contributed by atoms with Crippen LogP contribution in [0.25, 0.3) is 21.8 Å². The summed E-state index contributed by atoms with van der Waals surface area (Å²) >= 11 is 0. The summed E-state index contributed by atoms with van der Waals surface area (Å²) in [5.41, 5.74) is 3.45. The van der Waals surface area contributed by atoms with Crippen molar-refractivity contribution in [2.24, 2.45) is 0 Å². The lowest BCUT2D eigenvalue weighted by atomic mass is 10.1. The van der Waals surface area contributed by atoms with Crippen molar-refractivity contribution in [2.45, 2.75) is 41.5 Å². The van der Waals surface area contributed by atoms with E-state index in [0.717, 1.165) is 16.9 Å². The highest BCUT2D eigenvalue weighted by Gasteiger charge is 2.01. The molecular formula is C17H24N2. The predicted molar refractivity (Wildman–Crippen MR) is 85.8 cm³/mol. The fraction of sp³-hybridized carbons (Fsp3) is 0.353. The minimum atomic E-state index is 0.969. The monoisotopic (exact) mass is 256 g/mol. The second kappa shape index (κ2) is 6.93. The smallest absolute Gasteiger partial charge is 0.104 e. The van der Waals surface area contributed by atoms with E-state index >= 15 is 0 Å². The van der Waals surface area contributed by atoms with Gasteiger partial charge in [-0.15, -0.1) is 0 Å². The lowest BCUT2D eigenvalue weighted by Crippen LogP contribution is -1.76. The number of aryl methyl sites for hydroxylation is 2.